The summed E-state index contributed by atoms with van der Waals surface area (Å²) in [6, 6.07) is 18.2. The number of nitrogens with one attached hydrogen (secondary N) is 1. The number of nitriles is 1. The molecule has 0 aliphatic rings. The standard InChI is InChI=1S/C25H19ClIN3O5/c1-2-34-23-13-17(10-18(14-28)25(31)29-22-9-4-3-8-20(22)26)12-21(27)24(23)35-15-16-6-5-7-19(11-16)30(32)33/h3-13H,2,15H2,1H3,(H,29,31)/b18-10+. The van der Waals surface area contributed by atoms with Crippen LogP contribution in [0.25, 0.3) is 6.08 Å². The number of rotatable bonds is 9. The van der Waals surface area contributed by atoms with E-state index in [1.54, 1.807) is 48.5 Å². The number of carbonyl (C=O) groups is 1. The molecule has 0 saturated heterocycles. The molecule has 0 aliphatic carbocycles. The SMILES string of the molecule is CCOc1cc(/C=C(\C#N)C(=O)Nc2ccccc2Cl)cc(I)c1OCc1cccc([N+](=O)[O-])c1. The molecule has 3 aromatic rings. The van der Waals surface area contributed by atoms with Crippen LogP contribution < -0.4 is 14.8 Å². The highest BCUT2D eigenvalue weighted by Crippen LogP contribution is 2.36. The largest absolute Gasteiger partial charge is 0.490 e. The molecule has 0 saturated carbocycles. The molecule has 3 aromatic carbocycles. The van der Waals surface area contributed by atoms with Crippen LogP contribution >= 0.6 is 34.2 Å². The zero-order valence-corrected chi connectivity index (χ0v) is 21.4. The van der Waals surface area contributed by atoms with Crippen LogP contribution in [0.2, 0.25) is 5.02 Å². The third-order valence-corrected chi connectivity index (χ3v) is 5.77. The fourth-order valence-corrected chi connectivity index (χ4v) is 4.02. The van der Waals surface area contributed by atoms with Crippen LogP contribution in [-0.2, 0) is 11.4 Å². The van der Waals surface area contributed by atoms with Crippen molar-refractivity contribution in [2.24, 2.45) is 0 Å². The number of nitro benzene ring substituents is 1. The lowest BCUT2D eigenvalue weighted by Gasteiger charge is -2.15. The molecule has 0 aliphatic heterocycles. The number of benzene rings is 3. The third-order valence-electron chi connectivity index (χ3n) is 4.63. The number of hydrogen-bond acceptors (Lipinski definition) is 6. The molecule has 0 bridgehead atoms. The predicted molar refractivity (Wildman–Crippen MR) is 141 cm³/mol. The van der Waals surface area contributed by atoms with E-state index in [1.165, 1.54) is 18.2 Å². The number of anilines is 1. The average Bonchev–Trinajstić information content (AvgIpc) is 2.83. The second-order valence-electron chi connectivity index (χ2n) is 7.08. The molecule has 10 heteroatoms. The first-order valence-corrected chi connectivity index (χ1v) is 11.8. The van der Waals surface area contributed by atoms with Crippen molar-refractivity contribution in [2.75, 3.05) is 11.9 Å². The van der Waals surface area contributed by atoms with Crippen molar-refractivity contribution in [3.05, 3.63) is 96.1 Å². The number of hydrogen-bond donors (Lipinski definition) is 1. The molecule has 1 amide bonds. The Morgan fingerprint density at radius 1 is 1.20 bits per heavy atom. The molecule has 3 rings (SSSR count). The molecular formula is C25H19ClIN3O5. The summed E-state index contributed by atoms with van der Waals surface area (Å²) in [7, 11) is 0. The van der Waals surface area contributed by atoms with Gasteiger partial charge in [-0.3, -0.25) is 14.9 Å². The molecule has 8 nitrogen and oxygen atoms in total. The number of amides is 1. The third kappa shape index (κ3) is 6.94. The van der Waals surface area contributed by atoms with Crippen LogP contribution in [0.5, 0.6) is 11.5 Å². The van der Waals surface area contributed by atoms with E-state index < -0.39 is 10.8 Å². The Hall–Kier alpha value is -3.62. The molecule has 0 heterocycles. The molecule has 1 N–H and O–H groups in total. The highest BCUT2D eigenvalue weighted by Gasteiger charge is 2.16. The van der Waals surface area contributed by atoms with E-state index in [9.17, 15) is 20.2 Å². The Bertz CT molecular complexity index is 1340. The normalized spacial score (nSPS) is 10.9. The van der Waals surface area contributed by atoms with Gasteiger partial charge in [0.2, 0.25) is 0 Å². The van der Waals surface area contributed by atoms with E-state index in [-0.39, 0.29) is 17.9 Å². The smallest absolute Gasteiger partial charge is 0.269 e. The van der Waals surface area contributed by atoms with Crippen molar-refractivity contribution in [2.45, 2.75) is 13.5 Å². The minimum Gasteiger partial charge on any atom is -0.490 e. The van der Waals surface area contributed by atoms with Crippen molar-refractivity contribution in [3.63, 3.8) is 0 Å². The van der Waals surface area contributed by atoms with E-state index in [0.717, 1.165) is 0 Å². The number of halogens is 2. The van der Waals surface area contributed by atoms with Crippen molar-refractivity contribution < 1.29 is 19.2 Å². The van der Waals surface area contributed by atoms with E-state index >= 15 is 0 Å². The van der Waals surface area contributed by atoms with Crippen LogP contribution in [0.4, 0.5) is 11.4 Å². The summed E-state index contributed by atoms with van der Waals surface area (Å²) in [5.74, 6) is 0.273. The average molecular weight is 604 g/mol. The van der Waals surface area contributed by atoms with Crippen LogP contribution in [0.3, 0.4) is 0 Å². The molecule has 0 spiro atoms. The maximum Gasteiger partial charge on any atom is 0.269 e. The Balaban J connectivity index is 1.86. The van der Waals surface area contributed by atoms with E-state index in [0.29, 0.717) is 43.5 Å². The lowest BCUT2D eigenvalue weighted by Crippen LogP contribution is -2.13. The van der Waals surface area contributed by atoms with Gasteiger partial charge in [0.05, 0.1) is 25.8 Å². The molecule has 178 valence electrons. The van der Waals surface area contributed by atoms with Gasteiger partial charge in [-0.05, 0) is 71.0 Å². The van der Waals surface area contributed by atoms with Crippen molar-refractivity contribution in [1.29, 1.82) is 5.26 Å². The van der Waals surface area contributed by atoms with Crippen LogP contribution in [0.1, 0.15) is 18.1 Å². The summed E-state index contributed by atoms with van der Waals surface area (Å²) >= 11 is 8.15. The zero-order chi connectivity index (χ0) is 25.4. The Labute approximate surface area is 220 Å². The van der Waals surface area contributed by atoms with Crippen molar-refractivity contribution in [1.82, 2.24) is 0 Å². The fraction of sp³-hybridized carbons (Fsp3) is 0.120. The summed E-state index contributed by atoms with van der Waals surface area (Å²) in [4.78, 5) is 23.2. The van der Waals surface area contributed by atoms with Gasteiger partial charge >= 0.3 is 0 Å². The predicted octanol–water partition coefficient (Wildman–Crippen LogP) is 6.38. The van der Waals surface area contributed by atoms with E-state index in [2.05, 4.69) is 27.9 Å². The zero-order valence-electron chi connectivity index (χ0n) is 18.5. The molecule has 0 aromatic heterocycles. The summed E-state index contributed by atoms with van der Waals surface area (Å²) in [5, 5.41) is 23.6. The molecule has 35 heavy (non-hydrogen) atoms. The quantitative estimate of drug-likeness (QED) is 0.0999. The summed E-state index contributed by atoms with van der Waals surface area (Å²) in [6.45, 7) is 2.27. The van der Waals surface area contributed by atoms with Gasteiger partial charge in [-0.25, -0.2) is 0 Å². The van der Waals surface area contributed by atoms with Crippen molar-refractivity contribution in [3.8, 4) is 17.6 Å². The molecule has 0 unspecified atom stereocenters. The number of para-hydroxylation sites is 1. The number of nitrogens with zero attached hydrogens (tertiary/aromatic N) is 2. The lowest BCUT2D eigenvalue weighted by molar-refractivity contribution is -0.384. The van der Waals surface area contributed by atoms with Gasteiger partial charge in [0.15, 0.2) is 11.5 Å². The Morgan fingerprint density at radius 3 is 2.66 bits per heavy atom. The topological polar surface area (TPSA) is 114 Å². The summed E-state index contributed by atoms with van der Waals surface area (Å²) < 4.78 is 12.3. The highest BCUT2D eigenvalue weighted by atomic mass is 127. The molecule has 0 fully saturated rings. The van der Waals surface area contributed by atoms with Gasteiger partial charge in [-0.2, -0.15) is 5.26 Å². The Morgan fingerprint density at radius 2 is 1.97 bits per heavy atom. The van der Waals surface area contributed by atoms with E-state index in [1.807, 2.05) is 13.0 Å². The number of nitro groups is 1. The minimum absolute atomic E-state index is 0.0228. The van der Waals surface area contributed by atoms with E-state index in [4.69, 9.17) is 21.1 Å². The van der Waals surface area contributed by atoms with Gasteiger partial charge in [0, 0.05) is 12.1 Å². The first-order valence-electron chi connectivity index (χ1n) is 10.3. The van der Waals surface area contributed by atoms with Gasteiger partial charge in [0.1, 0.15) is 18.2 Å². The number of carbonyl (C=O) groups excluding carboxylic acids is 1. The Kier molecular flexibility index (Phi) is 9.05. The van der Waals surface area contributed by atoms with Crippen LogP contribution in [-0.4, -0.2) is 17.4 Å². The first-order chi connectivity index (χ1) is 16.8. The monoisotopic (exact) mass is 603 g/mol. The fourth-order valence-electron chi connectivity index (χ4n) is 3.06. The highest BCUT2D eigenvalue weighted by molar-refractivity contribution is 14.1. The van der Waals surface area contributed by atoms with Gasteiger partial charge in [0.25, 0.3) is 11.6 Å². The summed E-state index contributed by atoms with van der Waals surface area (Å²) in [6.07, 6.45) is 1.45. The maximum atomic E-state index is 12.6. The second kappa shape index (κ2) is 12.2. The number of non-ortho nitro benzene ring substituents is 1. The van der Waals surface area contributed by atoms with Gasteiger partial charge < -0.3 is 14.8 Å². The molecule has 0 atom stereocenters. The number of ether oxygens (including phenoxy) is 2. The molecular weight excluding hydrogens is 585 g/mol. The second-order valence-corrected chi connectivity index (χ2v) is 8.65. The van der Waals surface area contributed by atoms with Crippen LogP contribution in [0, 0.1) is 25.0 Å². The van der Waals surface area contributed by atoms with Crippen LogP contribution in [0.15, 0.2) is 66.2 Å². The first kappa shape index (κ1) is 26.0. The minimum atomic E-state index is -0.598. The van der Waals surface area contributed by atoms with Crippen molar-refractivity contribution >= 4 is 57.5 Å². The maximum absolute atomic E-state index is 12.6. The lowest BCUT2D eigenvalue weighted by atomic mass is 10.1. The van der Waals surface area contributed by atoms with Gasteiger partial charge in [-0.1, -0.05) is 35.9 Å². The van der Waals surface area contributed by atoms with Gasteiger partial charge in [-0.15, -0.1) is 0 Å². The summed E-state index contributed by atoms with van der Waals surface area (Å²) in [5.41, 5.74) is 1.45. The molecule has 0 radical (unpaired) electrons.